The molecule has 0 bridgehead atoms. The molecule has 0 saturated carbocycles. The van der Waals surface area contributed by atoms with Gasteiger partial charge < -0.3 is 14.8 Å². The summed E-state index contributed by atoms with van der Waals surface area (Å²) in [5, 5.41) is 18.2. The van der Waals surface area contributed by atoms with Crippen LogP contribution in [-0.2, 0) is 13.2 Å². The number of rotatable bonds is 0. The molecule has 4 nitrogen and oxygen atoms in total. The van der Waals surface area contributed by atoms with Gasteiger partial charge in [-0.1, -0.05) is 0 Å². The van der Waals surface area contributed by atoms with E-state index >= 15 is 0 Å². The number of aryl methyl sites for hydroxylation is 1. The molecule has 0 amide bonds. The Morgan fingerprint density at radius 2 is 1.67 bits per heavy atom. The number of alkyl halides is 3. The number of hydrogen-bond acceptors (Lipinski definition) is 3. The first kappa shape index (κ1) is 12.3. The van der Waals surface area contributed by atoms with Crippen LogP contribution >= 0.6 is 0 Å². The highest BCUT2D eigenvalue weighted by molar-refractivity contribution is 5.86. The summed E-state index contributed by atoms with van der Waals surface area (Å²) in [6, 6.07) is 2.16. The van der Waals surface area contributed by atoms with Gasteiger partial charge in [-0.2, -0.15) is 13.2 Å². The van der Waals surface area contributed by atoms with E-state index in [0.717, 1.165) is 16.7 Å². The molecular weight excluding hydrogens is 251 g/mol. The van der Waals surface area contributed by atoms with E-state index in [1.54, 1.807) is 0 Å². The molecular formula is C11H8F3NO3. The maximum atomic E-state index is 12.8. The van der Waals surface area contributed by atoms with Gasteiger partial charge in [0.15, 0.2) is 11.5 Å². The molecule has 18 heavy (non-hydrogen) atoms. The zero-order valence-corrected chi connectivity index (χ0v) is 9.12. The Bertz CT molecular complexity index is 688. The van der Waals surface area contributed by atoms with E-state index in [0.29, 0.717) is 6.07 Å². The molecule has 2 aromatic rings. The van der Waals surface area contributed by atoms with E-state index in [2.05, 4.69) is 0 Å². The summed E-state index contributed by atoms with van der Waals surface area (Å²) in [7, 11) is 1.28. The number of phenolic OH excluding ortho intramolecular Hbond substituents is 2. The Kier molecular flexibility index (Phi) is 2.50. The predicted octanol–water partition coefficient (Wildman–Crippen LogP) is 1.97. The van der Waals surface area contributed by atoms with Crippen molar-refractivity contribution in [3.05, 3.63) is 34.1 Å². The smallest absolute Gasteiger partial charge is 0.417 e. The van der Waals surface area contributed by atoms with Gasteiger partial charge in [0.2, 0.25) is 0 Å². The van der Waals surface area contributed by atoms with Crippen molar-refractivity contribution < 1.29 is 23.4 Å². The van der Waals surface area contributed by atoms with Crippen LogP contribution in [0.1, 0.15) is 5.56 Å². The van der Waals surface area contributed by atoms with Crippen molar-refractivity contribution in [2.24, 2.45) is 7.05 Å². The fourth-order valence-corrected chi connectivity index (χ4v) is 1.71. The van der Waals surface area contributed by atoms with E-state index in [1.807, 2.05) is 0 Å². The molecule has 7 heteroatoms. The van der Waals surface area contributed by atoms with E-state index in [4.69, 9.17) is 0 Å². The van der Waals surface area contributed by atoms with Gasteiger partial charge in [0.25, 0.3) is 5.56 Å². The molecule has 0 spiro atoms. The molecule has 1 aromatic carbocycles. The highest BCUT2D eigenvalue weighted by atomic mass is 19.4. The summed E-state index contributed by atoms with van der Waals surface area (Å²) >= 11 is 0. The monoisotopic (exact) mass is 259 g/mol. The number of benzene rings is 1. The second-order valence-electron chi connectivity index (χ2n) is 3.81. The summed E-state index contributed by atoms with van der Waals surface area (Å²) < 4.78 is 39.3. The Morgan fingerprint density at radius 3 is 2.22 bits per heavy atom. The summed E-state index contributed by atoms with van der Waals surface area (Å²) in [6.07, 6.45) is -4.71. The SMILES string of the molecule is Cn1c(=O)cc(C(F)(F)F)c2cc(O)c(O)cc21. The Morgan fingerprint density at radius 1 is 1.11 bits per heavy atom. The largest absolute Gasteiger partial charge is 0.504 e. The topological polar surface area (TPSA) is 62.5 Å². The number of aromatic hydroxyl groups is 2. The zero-order valence-electron chi connectivity index (χ0n) is 9.12. The molecule has 1 heterocycles. The van der Waals surface area contributed by atoms with Crippen molar-refractivity contribution in [3.8, 4) is 11.5 Å². The van der Waals surface area contributed by atoms with Gasteiger partial charge in [-0.3, -0.25) is 4.79 Å². The van der Waals surface area contributed by atoms with E-state index in [1.165, 1.54) is 7.05 Å². The third-order valence-corrected chi connectivity index (χ3v) is 2.65. The number of halogens is 3. The van der Waals surface area contributed by atoms with Crippen LogP contribution in [-0.4, -0.2) is 14.8 Å². The average Bonchev–Trinajstić information content (AvgIpc) is 2.25. The molecule has 0 atom stereocenters. The minimum absolute atomic E-state index is 0.106. The van der Waals surface area contributed by atoms with Gasteiger partial charge in [0.05, 0.1) is 11.1 Å². The fourth-order valence-electron chi connectivity index (χ4n) is 1.71. The number of nitrogens with zero attached hydrogens (tertiary/aromatic N) is 1. The molecule has 2 rings (SSSR count). The second kappa shape index (κ2) is 3.66. The van der Waals surface area contributed by atoms with Crippen molar-refractivity contribution in [1.82, 2.24) is 4.57 Å². The van der Waals surface area contributed by atoms with Crippen molar-refractivity contribution >= 4 is 10.9 Å². The lowest BCUT2D eigenvalue weighted by molar-refractivity contribution is -0.136. The van der Waals surface area contributed by atoms with Crippen LogP contribution in [0.3, 0.4) is 0 Å². The van der Waals surface area contributed by atoms with Crippen LogP contribution in [0.25, 0.3) is 10.9 Å². The third-order valence-electron chi connectivity index (χ3n) is 2.65. The number of hydrogen-bond donors (Lipinski definition) is 2. The lowest BCUT2D eigenvalue weighted by atomic mass is 10.1. The summed E-state index contributed by atoms with van der Waals surface area (Å²) in [5.74, 6) is -1.26. The maximum absolute atomic E-state index is 12.8. The van der Waals surface area contributed by atoms with Gasteiger partial charge in [-0.15, -0.1) is 0 Å². The molecule has 0 radical (unpaired) electrons. The maximum Gasteiger partial charge on any atom is 0.417 e. The highest BCUT2D eigenvalue weighted by Gasteiger charge is 2.34. The summed E-state index contributed by atoms with van der Waals surface area (Å²) in [4.78, 5) is 11.4. The Hall–Kier alpha value is -2.18. The second-order valence-corrected chi connectivity index (χ2v) is 3.81. The van der Waals surface area contributed by atoms with E-state index < -0.39 is 28.8 Å². The average molecular weight is 259 g/mol. The van der Waals surface area contributed by atoms with Crippen LogP contribution in [0, 0.1) is 0 Å². The van der Waals surface area contributed by atoms with E-state index in [-0.39, 0.29) is 10.9 Å². The molecule has 0 unspecified atom stereocenters. The molecule has 2 N–H and O–H groups in total. The standard InChI is InChI=1S/C11H8F3NO3/c1-15-7-4-9(17)8(16)2-5(7)6(3-10(15)18)11(12,13)14/h2-4,16-17H,1H3. The van der Waals surface area contributed by atoms with Gasteiger partial charge in [0.1, 0.15) is 0 Å². The molecule has 0 aliphatic heterocycles. The van der Waals surface area contributed by atoms with Crippen LogP contribution in [0.4, 0.5) is 13.2 Å². The first-order valence-corrected chi connectivity index (χ1v) is 4.84. The summed E-state index contributed by atoms with van der Waals surface area (Å²) in [5.41, 5.74) is -2.10. The third kappa shape index (κ3) is 1.77. The van der Waals surface area contributed by atoms with Crippen molar-refractivity contribution in [2.45, 2.75) is 6.18 Å². The quantitative estimate of drug-likeness (QED) is 0.711. The summed E-state index contributed by atoms with van der Waals surface area (Å²) in [6.45, 7) is 0. The zero-order chi connectivity index (χ0) is 13.7. The number of aromatic nitrogens is 1. The van der Waals surface area contributed by atoms with Crippen molar-refractivity contribution in [1.29, 1.82) is 0 Å². The van der Waals surface area contributed by atoms with Gasteiger partial charge in [0, 0.05) is 24.6 Å². The highest BCUT2D eigenvalue weighted by Crippen LogP contribution is 2.37. The van der Waals surface area contributed by atoms with Gasteiger partial charge >= 0.3 is 6.18 Å². The van der Waals surface area contributed by atoms with Crippen LogP contribution < -0.4 is 5.56 Å². The number of fused-ring (bicyclic) bond motifs is 1. The lowest BCUT2D eigenvalue weighted by Gasteiger charge is -2.13. The van der Waals surface area contributed by atoms with Crippen molar-refractivity contribution in [3.63, 3.8) is 0 Å². The molecule has 1 aromatic heterocycles. The number of phenols is 2. The van der Waals surface area contributed by atoms with Crippen LogP contribution in [0.15, 0.2) is 23.0 Å². The van der Waals surface area contributed by atoms with Crippen LogP contribution in [0.5, 0.6) is 11.5 Å². The molecule has 0 aliphatic rings. The lowest BCUT2D eigenvalue weighted by Crippen LogP contribution is -2.20. The normalized spacial score (nSPS) is 12.0. The molecule has 96 valence electrons. The Balaban J connectivity index is 3.02. The Labute approximate surface area is 98.5 Å². The molecule has 0 saturated heterocycles. The van der Waals surface area contributed by atoms with E-state index in [9.17, 15) is 28.2 Å². The van der Waals surface area contributed by atoms with Gasteiger partial charge in [-0.05, 0) is 6.07 Å². The van der Waals surface area contributed by atoms with Crippen LogP contribution in [0.2, 0.25) is 0 Å². The minimum atomic E-state index is -4.71. The number of pyridine rings is 1. The van der Waals surface area contributed by atoms with Crippen molar-refractivity contribution in [2.75, 3.05) is 0 Å². The molecule has 0 fully saturated rings. The van der Waals surface area contributed by atoms with Gasteiger partial charge in [-0.25, -0.2) is 0 Å². The molecule has 0 aliphatic carbocycles. The first-order chi connectivity index (χ1) is 8.21. The predicted molar refractivity (Wildman–Crippen MR) is 57.5 cm³/mol. The minimum Gasteiger partial charge on any atom is -0.504 e. The fraction of sp³-hybridized carbons (Fsp3) is 0.182. The first-order valence-electron chi connectivity index (χ1n) is 4.84.